The number of carbonyl (C=O) groups excluding carboxylic acids is 2. The van der Waals surface area contributed by atoms with E-state index in [2.05, 4.69) is 64.9 Å². The van der Waals surface area contributed by atoms with Crippen molar-refractivity contribution in [1.82, 2.24) is 25.3 Å². The van der Waals surface area contributed by atoms with E-state index in [-0.39, 0.29) is 40.3 Å². The number of phenolic OH excluding ortho intramolecular Hbond substituents is 2. The van der Waals surface area contributed by atoms with Gasteiger partial charge in [0.1, 0.15) is 23.2 Å². The number of nitrogens with one attached hydrogen (secondary N) is 5. The lowest BCUT2D eigenvalue weighted by atomic mass is 9.58. The molecule has 68 heavy (non-hydrogen) atoms. The van der Waals surface area contributed by atoms with Crippen LogP contribution in [0.2, 0.25) is 5.02 Å². The fourth-order valence-electron chi connectivity index (χ4n) is 9.78. The second-order valence-electron chi connectivity index (χ2n) is 19.7. The molecule has 3 aromatic carbocycles. The number of aromatic nitrogens is 2. The number of likely N-dealkylation sites (tertiary alicyclic amines) is 2. The average molecular weight is 949 g/mol. The Morgan fingerprint density at radius 1 is 1.03 bits per heavy atom. The van der Waals surface area contributed by atoms with Crippen molar-refractivity contribution < 1.29 is 19.8 Å². The summed E-state index contributed by atoms with van der Waals surface area (Å²) in [6.07, 6.45) is 9.42. The van der Waals surface area contributed by atoms with Crippen LogP contribution in [0.25, 0.3) is 11.3 Å². The zero-order valence-corrected chi connectivity index (χ0v) is 41.4. The Labute approximate surface area is 406 Å². The van der Waals surface area contributed by atoms with Crippen molar-refractivity contribution >= 4 is 58.6 Å². The first-order chi connectivity index (χ1) is 32.3. The number of anilines is 2. The molecule has 1 spiro atoms. The summed E-state index contributed by atoms with van der Waals surface area (Å²) >= 11 is 6.55. The molecule has 3 fully saturated rings. The highest BCUT2D eigenvalue weighted by Crippen LogP contribution is 2.52. The average Bonchev–Trinajstić information content (AvgIpc) is 3.71. The first-order valence-electron chi connectivity index (χ1n) is 23.8. The molecule has 2 saturated heterocycles. The third-order valence-electron chi connectivity index (χ3n) is 13.6. The SMILES string of the molecule is C=CC(=Nc1n[nH]c(-c2cccc(NC=O)c2Cl)c1C(C)C)N1CCC(C)(N)CC1.CCNC(=O)C(=N)N(C(=N)c1cc(C(C)C)c(O)cc1O)c1ccc(CN2CCC3(CC2)CC(C)C3)cc1. The molecule has 1 aliphatic carbocycles. The van der Waals surface area contributed by atoms with Crippen LogP contribution in [0.4, 0.5) is 17.2 Å². The molecule has 1 aromatic heterocycles. The topological polar surface area (TPSA) is 223 Å². The summed E-state index contributed by atoms with van der Waals surface area (Å²) in [6, 6.07) is 15.8. The van der Waals surface area contributed by atoms with Gasteiger partial charge in [-0.3, -0.25) is 35.3 Å². The number of amides is 2. The molecule has 1 saturated carbocycles. The summed E-state index contributed by atoms with van der Waals surface area (Å²) in [6.45, 7) is 23.2. The lowest BCUT2D eigenvalue weighted by Crippen LogP contribution is -2.49. The van der Waals surface area contributed by atoms with Gasteiger partial charge in [-0.2, -0.15) is 5.10 Å². The van der Waals surface area contributed by atoms with E-state index in [9.17, 15) is 19.8 Å². The second-order valence-corrected chi connectivity index (χ2v) is 20.0. The van der Waals surface area contributed by atoms with Crippen molar-refractivity contribution in [2.45, 2.75) is 111 Å². The van der Waals surface area contributed by atoms with E-state index in [0.29, 0.717) is 46.1 Å². The summed E-state index contributed by atoms with van der Waals surface area (Å²) in [5.74, 6) is 0.777. The molecule has 9 N–H and O–H groups in total. The maximum absolute atomic E-state index is 12.7. The van der Waals surface area contributed by atoms with E-state index in [4.69, 9.17) is 33.1 Å². The third-order valence-corrected chi connectivity index (χ3v) is 14.0. The van der Waals surface area contributed by atoms with Crippen molar-refractivity contribution in [2.75, 3.05) is 42.9 Å². The fourth-order valence-corrected chi connectivity index (χ4v) is 10.1. The molecule has 0 unspecified atom stereocenters. The van der Waals surface area contributed by atoms with Crippen LogP contribution in [-0.2, 0) is 16.1 Å². The summed E-state index contributed by atoms with van der Waals surface area (Å²) in [7, 11) is 0. The summed E-state index contributed by atoms with van der Waals surface area (Å²) in [5, 5.41) is 51.6. The number of nitrogens with zero attached hydrogens (tertiary/aromatic N) is 5. The predicted octanol–water partition coefficient (Wildman–Crippen LogP) is 9.63. The van der Waals surface area contributed by atoms with Gasteiger partial charge in [-0.05, 0) is 130 Å². The lowest BCUT2D eigenvalue weighted by molar-refractivity contribution is -0.114. The van der Waals surface area contributed by atoms with Crippen molar-refractivity contribution in [2.24, 2.45) is 22.1 Å². The molecule has 2 amide bonds. The summed E-state index contributed by atoms with van der Waals surface area (Å²) in [5.41, 5.74) is 12.1. The Morgan fingerprint density at radius 2 is 1.69 bits per heavy atom. The molecule has 3 heterocycles. The minimum absolute atomic E-state index is 0.0462. The Kier molecular flexibility index (Phi) is 16.6. The molecule has 7 rings (SSSR count). The number of likely N-dealkylation sites (N-methyl/N-ethyl adjacent to an activating group) is 1. The van der Waals surface area contributed by atoms with Gasteiger partial charge < -0.3 is 31.5 Å². The Balaban J connectivity index is 0.000000230. The number of phenols is 2. The summed E-state index contributed by atoms with van der Waals surface area (Å²) < 4.78 is 0. The molecule has 364 valence electrons. The van der Waals surface area contributed by atoms with E-state index in [1.165, 1.54) is 36.6 Å². The molecular weight excluding hydrogens is 878 g/mol. The molecule has 2 aliphatic heterocycles. The molecular formula is C52H70ClN11O4. The van der Waals surface area contributed by atoms with Crippen molar-refractivity contribution in [3.8, 4) is 22.8 Å². The van der Waals surface area contributed by atoms with Gasteiger partial charge in [0.2, 0.25) is 6.41 Å². The maximum Gasteiger partial charge on any atom is 0.287 e. The van der Waals surface area contributed by atoms with Gasteiger partial charge in [0.15, 0.2) is 11.7 Å². The highest BCUT2D eigenvalue weighted by molar-refractivity contribution is 6.48. The zero-order chi connectivity index (χ0) is 49.5. The molecule has 0 bridgehead atoms. The number of aromatic amines is 1. The number of H-pyrrole nitrogens is 1. The molecule has 0 radical (unpaired) electrons. The Morgan fingerprint density at radius 3 is 2.26 bits per heavy atom. The number of aliphatic imine (C=N–C) groups is 1. The van der Waals surface area contributed by atoms with Gasteiger partial charge in [-0.25, -0.2) is 4.99 Å². The number of piperidine rings is 2. The number of amidine groups is 3. The van der Waals surface area contributed by atoms with E-state index in [1.807, 2.05) is 50.2 Å². The minimum Gasteiger partial charge on any atom is -0.508 e. The number of hydrogen-bond acceptors (Lipinski definition) is 10. The standard InChI is InChI=1S/C30H41N5O3.C22H29ClN6O/c1-5-33-29(38)28(32)35(27(31)24-14-23(19(2)3)25(36)15-26(24)37)22-8-6-21(7-9-22)18-34-12-10-30(11-13-34)16-20(4)17-30;1-5-17(29-11-9-22(4,24)10-12-29)26-21-18(14(2)3)20(27-28-21)15-7-6-8-16(19(15)23)25-13-30/h6-9,14-15,19-20,31-32,36-37H,5,10-13,16-18H2,1-4H3,(H,33,38);5-8,13-14H,1,9-12,24H2,2-4H3,(H,25,30)(H,27,28). The Bertz CT molecular complexity index is 2490. The predicted molar refractivity (Wildman–Crippen MR) is 275 cm³/mol. The minimum atomic E-state index is -0.615. The monoisotopic (exact) mass is 948 g/mol. The quantitative estimate of drug-likeness (QED) is 0.0384. The highest BCUT2D eigenvalue weighted by Gasteiger charge is 2.43. The van der Waals surface area contributed by atoms with Gasteiger partial charge >= 0.3 is 0 Å². The zero-order valence-electron chi connectivity index (χ0n) is 40.7. The number of nitrogens with two attached hydrogens (primary N) is 1. The highest BCUT2D eigenvalue weighted by atomic mass is 35.5. The molecule has 15 nitrogen and oxygen atoms in total. The van der Waals surface area contributed by atoms with E-state index in [0.717, 1.165) is 79.7 Å². The van der Waals surface area contributed by atoms with Crippen LogP contribution >= 0.6 is 11.6 Å². The largest absolute Gasteiger partial charge is 0.508 e. The molecule has 3 aliphatic rings. The van der Waals surface area contributed by atoms with Crippen molar-refractivity contribution in [3.63, 3.8) is 0 Å². The van der Waals surface area contributed by atoms with E-state index < -0.39 is 11.7 Å². The number of hydrogen-bond donors (Lipinski definition) is 8. The molecule has 16 heteroatoms. The van der Waals surface area contributed by atoms with E-state index in [1.54, 1.807) is 25.1 Å². The first-order valence-corrected chi connectivity index (χ1v) is 24.1. The normalized spacial score (nSPS) is 17.0. The van der Waals surface area contributed by atoms with E-state index >= 15 is 0 Å². The molecule has 4 aromatic rings. The third kappa shape index (κ3) is 11.8. The van der Waals surface area contributed by atoms with Gasteiger partial charge in [-0.1, -0.05) is 77.1 Å². The Hall–Kier alpha value is -6.03. The van der Waals surface area contributed by atoms with Crippen LogP contribution in [0.15, 0.2) is 72.2 Å². The van der Waals surface area contributed by atoms with Gasteiger partial charge in [0.05, 0.1) is 22.0 Å². The smallest absolute Gasteiger partial charge is 0.287 e. The van der Waals surface area contributed by atoms with Crippen LogP contribution in [0.1, 0.15) is 121 Å². The number of halogens is 1. The first kappa shape index (κ1) is 51.4. The second kappa shape index (κ2) is 21.9. The van der Waals surface area contributed by atoms with Crippen LogP contribution < -0.4 is 21.3 Å². The number of benzene rings is 3. The van der Waals surface area contributed by atoms with Gasteiger partial charge in [0.25, 0.3) is 5.91 Å². The van der Waals surface area contributed by atoms with Crippen LogP contribution in [0.3, 0.4) is 0 Å². The fraction of sp³-hybridized carbons (Fsp3) is 0.462. The summed E-state index contributed by atoms with van der Waals surface area (Å²) in [4.78, 5) is 34.3. The van der Waals surface area contributed by atoms with Crippen LogP contribution in [-0.4, -0.2) is 98.3 Å². The van der Waals surface area contributed by atoms with Crippen molar-refractivity contribution in [1.29, 1.82) is 10.8 Å². The lowest BCUT2D eigenvalue weighted by Gasteiger charge is -2.51. The van der Waals surface area contributed by atoms with Crippen molar-refractivity contribution in [3.05, 3.63) is 94.5 Å². The number of rotatable bonds is 12. The van der Waals surface area contributed by atoms with Gasteiger partial charge in [-0.15, -0.1) is 0 Å². The maximum atomic E-state index is 12.7. The molecule has 0 atom stereocenters. The van der Waals surface area contributed by atoms with Crippen LogP contribution in [0, 0.1) is 22.2 Å². The van der Waals surface area contributed by atoms with Gasteiger partial charge in [0, 0.05) is 54.6 Å². The van der Waals surface area contributed by atoms with Crippen LogP contribution in [0.5, 0.6) is 11.5 Å². The number of carbonyl (C=O) groups is 2. The number of aromatic hydroxyl groups is 2.